The summed E-state index contributed by atoms with van der Waals surface area (Å²) in [6, 6.07) is 121. The summed E-state index contributed by atoms with van der Waals surface area (Å²) < 4.78 is 28.7. The molecule has 0 spiro atoms. The van der Waals surface area contributed by atoms with E-state index in [9.17, 15) is 20.4 Å². The van der Waals surface area contributed by atoms with Gasteiger partial charge in [0.1, 0.15) is 46.0 Å². The number of benzene rings is 18. The fraction of sp³-hybridized carbons (Fsp3) is 0.153. The van der Waals surface area contributed by atoms with E-state index in [-0.39, 0.29) is 46.0 Å². The van der Waals surface area contributed by atoms with Gasteiger partial charge in [-0.15, -0.1) is 0 Å². The van der Waals surface area contributed by atoms with E-state index in [4.69, 9.17) is 53.0 Å². The molecule has 10 nitrogen and oxygen atoms in total. The Morgan fingerprint density at radius 1 is 0.313 bits per heavy atom. The quantitative estimate of drug-likeness (QED) is 0.0255. The molecule has 0 aliphatic carbocycles. The van der Waals surface area contributed by atoms with Crippen molar-refractivity contribution in [2.45, 2.75) is 105 Å². The molecular formula is C118H104Cl4N2O8Zr2. The SMILES string of the molecule is CC(C)(C)c1cc(-c2ccccc2OCCCOc2ccccc2-c2cc(C(C)(C)C)cc(-c3c4ccccc4cc4ccccc34)c2O)c(O)c(-c2c3ccccc3cc3ccccc23)c1.Cc1cc(Nc2ccccc2-c2ccccc2)c(O)c(-c2ccccc2OC(C)CC(C)Oc2ccccc2-c2cc(C)cc(-n3c4ccccc4c4ccccc43)c2O)c1.[Cl][Zr][Cl].[Cl][Zr][Cl]. The Kier molecular flexibility index (Phi) is 30.3. The molecule has 19 rings (SSSR count). The summed E-state index contributed by atoms with van der Waals surface area (Å²) in [5.41, 5.74) is 20.0. The molecule has 0 fully saturated rings. The number of fused-ring (bicyclic) bond motifs is 7. The molecule has 1 heterocycles. The Hall–Kier alpha value is -12.1. The molecule has 0 bridgehead atoms. The number of aromatic nitrogens is 1. The third-order valence-corrected chi connectivity index (χ3v) is 24.5. The van der Waals surface area contributed by atoms with Crippen molar-refractivity contribution in [1.82, 2.24) is 4.57 Å². The Morgan fingerprint density at radius 2 is 0.634 bits per heavy atom. The molecule has 0 aliphatic heterocycles. The number of para-hydroxylation sites is 7. The summed E-state index contributed by atoms with van der Waals surface area (Å²) in [5, 5.41) is 63.5. The van der Waals surface area contributed by atoms with Crippen LogP contribution in [0.5, 0.6) is 46.0 Å². The van der Waals surface area contributed by atoms with Crippen molar-refractivity contribution < 1.29 is 81.1 Å². The monoisotopic (exact) mass is 2000 g/mol. The molecule has 0 amide bonds. The van der Waals surface area contributed by atoms with E-state index in [0.717, 1.165) is 165 Å². The zero-order valence-electron chi connectivity index (χ0n) is 76.4. The van der Waals surface area contributed by atoms with Crippen LogP contribution in [-0.2, 0) is 52.5 Å². The molecule has 0 saturated heterocycles. The predicted octanol–water partition coefficient (Wildman–Crippen LogP) is 33.8. The average Bonchev–Trinajstić information content (AvgIpc) is 1.10. The standard InChI is InChI=1S/C63H56O4.C55H48N2O4.4ClH.2Zr/c1-62(2,3)44-36-52(60(64)54(38-44)58-46-24-11-7-20-40(46)34-41-21-8-12-25-47(41)58)50-28-15-17-30-56(50)66-32-19-33-67-57-31-18-16-29-51(57)53-37-45(63(4,5)6)39-55(61(53)65)59-48-26-13-9-22-42(48)35-43-23-10-14-27-49(43)59;1-35-30-45(54(58)48(32-35)56-47-25-13-8-20-40(47)39-18-6-5-7-19-39)43-23-11-16-28-52(43)60-37(3)34-38(4)61-53-29-17-12-24-44(53)46-31-36(2)33-51(55(46)59)57-49-26-14-9-21-41(49)42-22-10-15-27-50(42)57;;;;;;/h7-18,20-31,34-39,64-65H,19,32-33H2,1-6H3;5-33,37-38,56,58-59H,34H2,1-4H3;4*1H;;/q;;;;;;2*+2/p-4. The molecule has 18 aromatic carbocycles. The first kappa shape index (κ1) is 95.1. The Morgan fingerprint density at radius 3 is 1.05 bits per heavy atom. The van der Waals surface area contributed by atoms with E-state index in [1.165, 1.54) is 0 Å². The van der Waals surface area contributed by atoms with Crippen molar-refractivity contribution >= 4 is 110 Å². The van der Waals surface area contributed by atoms with E-state index in [2.05, 4.69) is 246 Å². The maximum atomic E-state index is 12.4. The number of aryl methyl sites for hydroxylation is 2. The molecule has 16 heteroatoms. The number of aromatic hydroxyl groups is 4. The minimum absolute atomic E-state index is 0.145. The van der Waals surface area contributed by atoms with Crippen LogP contribution in [0.4, 0.5) is 11.4 Å². The molecule has 5 N–H and O–H groups in total. The normalized spacial score (nSPS) is 11.8. The number of ether oxygens (including phenoxy) is 4. The van der Waals surface area contributed by atoms with Crippen LogP contribution in [-0.4, -0.2) is 50.4 Å². The number of phenolic OH excluding ortho intramolecular Hbond substituents is 4. The summed E-state index contributed by atoms with van der Waals surface area (Å²) >= 11 is -1.65. The van der Waals surface area contributed by atoms with Gasteiger partial charge in [0.2, 0.25) is 0 Å². The second kappa shape index (κ2) is 42.7. The van der Waals surface area contributed by atoms with Crippen LogP contribution in [0.2, 0.25) is 0 Å². The first-order valence-electron chi connectivity index (χ1n) is 44.9. The molecule has 2 unspecified atom stereocenters. The number of halogens is 4. The molecule has 0 saturated carbocycles. The van der Waals surface area contributed by atoms with Gasteiger partial charge in [-0.05, 0) is 213 Å². The summed E-state index contributed by atoms with van der Waals surface area (Å²) in [4.78, 5) is 0. The van der Waals surface area contributed by atoms with Crippen molar-refractivity contribution in [2.75, 3.05) is 18.5 Å². The van der Waals surface area contributed by atoms with Crippen LogP contribution in [0, 0.1) is 13.8 Å². The zero-order valence-corrected chi connectivity index (χ0v) is 84.4. The van der Waals surface area contributed by atoms with Crippen molar-refractivity contribution in [3.8, 4) is 130 Å². The Bertz CT molecular complexity index is 7080. The van der Waals surface area contributed by atoms with Crippen LogP contribution < -0.4 is 24.3 Å². The average molecular weight is 2000 g/mol. The van der Waals surface area contributed by atoms with Crippen molar-refractivity contribution in [3.05, 3.63) is 380 Å². The van der Waals surface area contributed by atoms with Crippen LogP contribution >= 0.6 is 34.1 Å². The van der Waals surface area contributed by atoms with E-state index in [1.54, 1.807) is 0 Å². The summed E-state index contributed by atoms with van der Waals surface area (Å²) in [5.74, 6) is 3.50. The van der Waals surface area contributed by atoms with Crippen molar-refractivity contribution in [1.29, 1.82) is 0 Å². The number of anilines is 2. The molecular weight excluding hydrogens is 1900 g/mol. The summed E-state index contributed by atoms with van der Waals surface area (Å²) in [6.45, 7) is 22.2. The van der Waals surface area contributed by atoms with Gasteiger partial charge in [-0.3, -0.25) is 0 Å². The van der Waals surface area contributed by atoms with Crippen LogP contribution in [0.1, 0.15) is 90.5 Å². The number of hydrogen-bond acceptors (Lipinski definition) is 9. The first-order valence-corrected chi connectivity index (χ1v) is 57.6. The van der Waals surface area contributed by atoms with E-state index >= 15 is 0 Å². The topological polar surface area (TPSA) is 135 Å². The molecule has 19 aromatic rings. The van der Waals surface area contributed by atoms with Gasteiger partial charge in [0.15, 0.2) is 0 Å². The first-order chi connectivity index (χ1) is 64.9. The number of nitrogens with zero attached hydrogens (tertiary/aromatic N) is 1. The van der Waals surface area contributed by atoms with Gasteiger partial charge in [-0.1, -0.05) is 296 Å². The molecule has 0 radical (unpaired) electrons. The zero-order chi connectivity index (χ0) is 93.9. The van der Waals surface area contributed by atoms with Gasteiger partial charge in [-0.25, -0.2) is 0 Å². The third kappa shape index (κ3) is 20.9. The van der Waals surface area contributed by atoms with Crippen molar-refractivity contribution in [3.63, 3.8) is 0 Å². The number of nitrogens with one attached hydrogen (secondary N) is 1. The second-order valence-corrected chi connectivity index (χ2v) is 43.3. The molecule has 134 heavy (non-hydrogen) atoms. The van der Waals surface area contributed by atoms with Gasteiger partial charge in [-0.2, -0.15) is 0 Å². The molecule has 0 aliphatic rings. The molecule has 1 aromatic heterocycles. The third-order valence-electron chi connectivity index (χ3n) is 24.5. The van der Waals surface area contributed by atoms with Gasteiger partial charge < -0.3 is 49.3 Å². The Balaban J connectivity index is 0.000000185. The summed E-state index contributed by atoms with van der Waals surface area (Å²) in [7, 11) is 19.7. The minimum atomic E-state index is -0.826. The fourth-order valence-electron chi connectivity index (χ4n) is 18.2. The van der Waals surface area contributed by atoms with E-state index in [1.807, 2.05) is 191 Å². The summed E-state index contributed by atoms with van der Waals surface area (Å²) in [6.07, 6.45) is 0.711. The molecule has 2 atom stereocenters. The Labute approximate surface area is 821 Å². The van der Waals surface area contributed by atoms with Gasteiger partial charge in [0.25, 0.3) is 0 Å². The van der Waals surface area contributed by atoms with Crippen molar-refractivity contribution in [2.24, 2.45) is 0 Å². The number of hydrogen-bond donors (Lipinski definition) is 5. The number of phenols is 4. The van der Waals surface area contributed by atoms with E-state index < -0.39 is 41.7 Å². The van der Waals surface area contributed by atoms with Gasteiger partial charge >= 0.3 is 75.7 Å². The fourth-order valence-corrected chi connectivity index (χ4v) is 18.2. The second-order valence-electron chi connectivity index (χ2n) is 35.8. The van der Waals surface area contributed by atoms with E-state index in [0.29, 0.717) is 65.9 Å². The van der Waals surface area contributed by atoms with Gasteiger partial charge in [0.05, 0.1) is 47.8 Å². The number of rotatable bonds is 22. The molecule has 670 valence electrons. The maximum absolute atomic E-state index is 12.4. The van der Waals surface area contributed by atoms with Crippen LogP contribution in [0.3, 0.4) is 0 Å². The van der Waals surface area contributed by atoms with Crippen LogP contribution in [0.15, 0.2) is 358 Å². The predicted molar refractivity (Wildman–Crippen MR) is 555 cm³/mol. The van der Waals surface area contributed by atoms with Gasteiger partial charge in [0, 0.05) is 102 Å². The van der Waals surface area contributed by atoms with Crippen LogP contribution in [0.25, 0.3) is 148 Å².